The molecule has 18 heavy (non-hydrogen) atoms. The van der Waals surface area contributed by atoms with Crippen molar-refractivity contribution in [3.8, 4) is 0 Å². The normalized spacial score (nSPS) is 13.9. The largest absolute Gasteiger partial charge is 0.388 e. The predicted molar refractivity (Wildman–Crippen MR) is 70.1 cm³/mol. The lowest BCUT2D eigenvalue weighted by molar-refractivity contribution is 0.180. The molecule has 5 nitrogen and oxygen atoms in total. The minimum absolute atomic E-state index is 0.0827. The van der Waals surface area contributed by atoms with Crippen molar-refractivity contribution in [2.45, 2.75) is 47.3 Å². The van der Waals surface area contributed by atoms with Gasteiger partial charge in [-0.15, -0.1) is 10.2 Å². The van der Waals surface area contributed by atoms with Crippen LogP contribution in [0.5, 0.6) is 0 Å². The molecular weight excluding hydrogens is 230 g/mol. The molecule has 0 aliphatic rings. The minimum Gasteiger partial charge on any atom is -0.388 e. The lowest BCUT2D eigenvalue weighted by Gasteiger charge is -2.27. The number of aliphatic hydroxyl groups excluding tert-OH is 1. The second-order valence-electron chi connectivity index (χ2n) is 5.81. The van der Waals surface area contributed by atoms with Crippen molar-refractivity contribution < 1.29 is 9.84 Å². The lowest BCUT2D eigenvalue weighted by Crippen LogP contribution is -2.22. The van der Waals surface area contributed by atoms with Gasteiger partial charge < -0.3 is 14.4 Å². The fourth-order valence-electron chi connectivity index (χ4n) is 1.66. The molecule has 1 aromatic rings. The zero-order valence-electron chi connectivity index (χ0n) is 12.1. The van der Waals surface area contributed by atoms with Gasteiger partial charge in [-0.05, 0) is 11.3 Å². The number of hydrogen-bond acceptors (Lipinski definition) is 4. The van der Waals surface area contributed by atoms with Crippen molar-refractivity contribution in [2.75, 3.05) is 13.7 Å². The van der Waals surface area contributed by atoms with Crippen LogP contribution in [0, 0.1) is 11.3 Å². The maximum Gasteiger partial charge on any atom is 0.158 e. The zero-order chi connectivity index (χ0) is 13.8. The molecular formula is C13H25N3O2. The highest BCUT2D eigenvalue weighted by Gasteiger charge is 2.23. The standard InChI is InChI=1S/C13H25N3O2/c1-10(13(2,3)4)8-11-14-15-12(9-17)16(11)6-7-18-5/h10,17H,6-9H2,1-5H3. The first-order valence-corrected chi connectivity index (χ1v) is 6.41. The smallest absolute Gasteiger partial charge is 0.158 e. The molecule has 1 rings (SSSR count). The van der Waals surface area contributed by atoms with Gasteiger partial charge in [0.05, 0.1) is 6.61 Å². The molecule has 0 radical (unpaired) electrons. The summed E-state index contributed by atoms with van der Waals surface area (Å²) in [4.78, 5) is 0. The van der Waals surface area contributed by atoms with Gasteiger partial charge in [0, 0.05) is 20.1 Å². The van der Waals surface area contributed by atoms with E-state index >= 15 is 0 Å². The van der Waals surface area contributed by atoms with Crippen LogP contribution < -0.4 is 0 Å². The van der Waals surface area contributed by atoms with Crippen molar-refractivity contribution in [1.82, 2.24) is 14.8 Å². The zero-order valence-corrected chi connectivity index (χ0v) is 12.1. The first-order chi connectivity index (χ1) is 8.40. The summed E-state index contributed by atoms with van der Waals surface area (Å²) in [6, 6.07) is 0. The SMILES string of the molecule is COCCn1c(CO)nnc1CC(C)C(C)(C)C. The van der Waals surface area contributed by atoms with Crippen LogP contribution in [0.2, 0.25) is 0 Å². The van der Waals surface area contributed by atoms with Gasteiger partial charge in [0.25, 0.3) is 0 Å². The third-order valence-corrected chi connectivity index (χ3v) is 3.53. The van der Waals surface area contributed by atoms with E-state index in [4.69, 9.17) is 4.74 Å². The van der Waals surface area contributed by atoms with Crippen molar-refractivity contribution in [2.24, 2.45) is 11.3 Å². The Balaban J connectivity index is 2.84. The summed E-state index contributed by atoms with van der Waals surface area (Å²) >= 11 is 0. The molecule has 0 aliphatic heterocycles. The molecule has 0 amide bonds. The Kier molecular flexibility index (Phi) is 5.28. The number of rotatable bonds is 6. The van der Waals surface area contributed by atoms with E-state index in [0.717, 1.165) is 12.2 Å². The van der Waals surface area contributed by atoms with E-state index < -0.39 is 0 Å². The Hall–Kier alpha value is -0.940. The summed E-state index contributed by atoms with van der Waals surface area (Å²) in [6.45, 7) is 10.1. The Morgan fingerprint density at radius 1 is 1.28 bits per heavy atom. The molecule has 0 spiro atoms. The second-order valence-corrected chi connectivity index (χ2v) is 5.81. The molecule has 0 saturated heterocycles. The molecule has 1 aromatic heterocycles. The average molecular weight is 255 g/mol. The number of aromatic nitrogens is 3. The van der Waals surface area contributed by atoms with E-state index in [2.05, 4.69) is 37.9 Å². The van der Waals surface area contributed by atoms with Crippen LogP contribution in [0.15, 0.2) is 0 Å². The summed E-state index contributed by atoms with van der Waals surface area (Å²) in [5.41, 5.74) is 0.234. The monoisotopic (exact) mass is 255 g/mol. The van der Waals surface area contributed by atoms with Gasteiger partial charge in [0.2, 0.25) is 0 Å². The lowest BCUT2D eigenvalue weighted by atomic mass is 9.80. The molecule has 0 fully saturated rings. The molecule has 1 unspecified atom stereocenters. The predicted octanol–water partition coefficient (Wildman–Crippen LogP) is 1.64. The van der Waals surface area contributed by atoms with Gasteiger partial charge in [-0.2, -0.15) is 0 Å². The molecule has 1 atom stereocenters. The number of aliphatic hydroxyl groups is 1. The summed E-state index contributed by atoms with van der Waals surface area (Å²) in [5, 5.41) is 17.5. The molecule has 1 heterocycles. The van der Waals surface area contributed by atoms with E-state index in [-0.39, 0.29) is 12.0 Å². The van der Waals surface area contributed by atoms with Gasteiger partial charge in [-0.3, -0.25) is 0 Å². The van der Waals surface area contributed by atoms with Crippen LogP contribution in [-0.4, -0.2) is 33.6 Å². The first kappa shape index (κ1) is 15.1. The fraction of sp³-hybridized carbons (Fsp3) is 0.846. The number of hydrogen-bond donors (Lipinski definition) is 1. The van der Waals surface area contributed by atoms with Crippen LogP contribution in [-0.2, 0) is 24.3 Å². The van der Waals surface area contributed by atoms with Crippen molar-refractivity contribution in [3.63, 3.8) is 0 Å². The third-order valence-electron chi connectivity index (χ3n) is 3.53. The highest BCUT2D eigenvalue weighted by Crippen LogP contribution is 2.28. The van der Waals surface area contributed by atoms with Crippen LogP contribution in [0.3, 0.4) is 0 Å². The Morgan fingerprint density at radius 3 is 2.39 bits per heavy atom. The molecule has 0 saturated carbocycles. The van der Waals surface area contributed by atoms with Crippen molar-refractivity contribution >= 4 is 0 Å². The van der Waals surface area contributed by atoms with Crippen LogP contribution in [0.1, 0.15) is 39.3 Å². The summed E-state index contributed by atoms with van der Waals surface area (Å²) in [5.74, 6) is 2.04. The van der Waals surface area contributed by atoms with E-state index in [1.54, 1.807) is 7.11 Å². The maximum absolute atomic E-state index is 9.26. The minimum atomic E-state index is -0.0827. The number of ether oxygens (including phenoxy) is 1. The molecule has 1 N–H and O–H groups in total. The maximum atomic E-state index is 9.26. The topological polar surface area (TPSA) is 60.2 Å². The quantitative estimate of drug-likeness (QED) is 0.839. The third kappa shape index (κ3) is 3.78. The Morgan fingerprint density at radius 2 is 1.89 bits per heavy atom. The molecule has 104 valence electrons. The molecule has 5 heteroatoms. The molecule has 0 aliphatic carbocycles. The van der Waals surface area contributed by atoms with E-state index in [1.807, 2.05) is 4.57 Å². The second kappa shape index (κ2) is 6.29. The van der Waals surface area contributed by atoms with Crippen molar-refractivity contribution in [3.05, 3.63) is 11.6 Å². The van der Waals surface area contributed by atoms with Gasteiger partial charge in [0.15, 0.2) is 5.82 Å². The first-order valence-electron chi connectivity index (χ1n) is 6.41. The fourth-order valence-corrected chi connectivity index (χ4v) is 1.66. The van der Waals surface area contributed by atoms with Gasteiger partial charge in [0.1, 0.15) is 12.4 Å². The van der Waals surface area contributed by atoms with Crippen LogP contribution in [0.4, 0.5) is 0 Å². The average Bonchev–Trinajstić information content (AvgIpc) is 2.67. The van der Waals surface area contributed by atoms with E-state index in [1.165, 1.54) is 0 Å². The van der Waals surface area contributed by atoms with E-state index in [0.29, 0.717) is 24.9 Å². The summed E-state index contributed by atoms with van der Waals surface area (Å²) in [6.07, 6.45) is 0.861. The number of nitrogens with zero attached hydrogens (tertiary/aromatic N) is 3. The van der Waals surface area contributed by atoms with Crippen molar-refractivity contribution in [1.29, 1.82) is 0 Å². The van der Waals surface area contributed by atoms with Gasteiger partial charge in [-0.25, -0.2) is 0 Å². The van der Waals surface area contributed by atoms with Gasteiger partial charge in [-0.1, -0.05) is 27.7 Å². The molecule has 0 aromatic carbocycles. The highest BCUT2D eigenvalue weighted by molar-refractivity contribution is 4.97. The summed E-state index contributed by atoms with van der Waals surface area (Å²) in [7, 11) is 1.67. The Labute approximate surface area is 109 Å². The van der Waals surface area contributed by atoms with Crippen LogP contribution >= 0.6 is 0 Å². The molecule has 0 bridgehead atoms. The van der Waals surface area contributed by atoms with Crippen LogP contribution in [0.25, 0.3) is 0 Å². The Bertz CT molecular complexity index is 369. The number of methoxy groups -OCH3 is 1. The summed E-state index contributed by atoms with van der Waals surface area (Å²) < 4.78 is 7.05. The van der Waals surface area contributed by atoms with E-state index in [9.17, 15) is 5.11 Å². The van der Waals surface area contributed by atoms with Gasteiger partial charge >= 0.3 is 0 Å². The highest BCUT2D eigenvalue weighted by atomic mass is 16.5.